The highest BCUT2D eigenvalue weighted by molar-refractivity contribution is 5.40. The fourth-order valence-electron chi connectivity index (χ4n) is 2.41. The summed E-state index contributed by atoms with van der Waals surface area (Å²) in [7, 11) is 0. The minimum atomic E-state index is 0.580. The van der Waals surface area contributed by atoms with Crippen LogP contribution in [0.1, 0.15) is 37.8 Å². The number of anilines is 2. The lowest BCUT2D eigenvalue weighted by Crippen LogP contribution is -2.26. The lowest BCUT2D eigenvalue weighted by Gasteiger charge is -2.22. The van der Waals surface area contributed by atoms with Crippen molar-refractivity contribution in [3.63, 3.8) is 0 Å². The van der Waals surface area contributed by atoms with Crippen molar-refractivity contribution < 1.29 is 0 Å². The van der Waals surface area contributed by atoms with Gasteiger partial charge in [0.1, 0.15) is 0 Å². The molecule has 5 heteroatoms. The minimum Gasteiger partial charge on any atom is -0.355 e. The van der Waals surface area contributed by atoms with Crippen molar-refractivity contribution in [2.45, 2.75) is 40.2 Å². The van der Waals surface area contributed by atoms with Crippen molar-refractivity contribution in [3.05, 3.63) is 41.6 Å². The van der Waals surface area contributed by atoms with Crippen LogP contribution in [0.4, 0.5) is 11.8 Å². The molecule has 0 atom stereocenters. The molecule has 22 heavy (non-hydrogen) atoms. The summed E-state index contributed by atoms with van der Waals surface area (Å²) in [6.45, 7) is 9.12. The van der Waals surface area contributed by atoms with E-state index in [1.165, 1.54) is 11.1 Å². The van der Waals surface area contributed by atoms with Gasteiger partial charge >= 0.3 is 0 Å². The zero-order chi connectivity index (χ0) is 15.8. The molecule has 0 fully saturated rings. The zero-order valence-corrected chi connectivity index (χ0v) is 13.7. The molecular weight excluding hydrogens is 274 g/mol. The second kappa shape index (κ2) is 8.32. The first-order valence-corrected chi connectivity index (χ1v) is 7.97. The summed E-state index contributed by atoms with van der Waals surface area (Å²) in [6, 6.07) is 8.41. The normalized spacial score (nSPS) is 10.5. The maximum Gasteiger partial charge on any atom is 0.244 e. The Hall–Kier alpha value is -2.17. The van der Waals surface area contributed by atoms with Gasteiger partial charge in [-0.3, -0.25) is 0 Å². The minimum absolute atomic E-state index is 0.580. The molecule has 0 saturated carbocycles. The number of aromatic nitrogens is 3. The maximum atomic E-state index is 4.59. The van der Waals surface area contributed by atoms with Crippen LogP contribution in [0.15, 0.2) is 30.5 Å². The molecule has 2 rings (SSSR count). The molecule has 0 amide bonds. The standard InChI is InChI=1S/C17H25N5/c1-4-9-22(10-5-2)16-13-19-21-17(20-16)18-12-15-8-6-7-14(3)11-15/h6-8,11,13H,4-5,9-10,12H2,1-3H3,(H,18,20,21). The molecule has 1 aromatic heterocycles. The summed E-state index contributed by atoms with van der Waals surface area (Å²) in [5, 5.41) is 11.4. The third-order valence-corrected chi connectivity index (χ3v) is 3.39. The van der Waals surface area contributed by atoms with Crippen LogP contribution in [0, 0.1) is 6.92 Å². The van der Waals surface area contributed by atoms with E-state index in [0.717, 1.165) is 31.7 Å². The summed E-state index contributed by atoms with van der Waals surface area (Å²) in [6.07, 6.45) is 3.93. The third-order valence-electron chi connectivity index (χ3n) is 3.39. The van der Waals surface area contributed by atoms with E-state index in [1.54, 1.807) is 6.20 Å². The molecule has 0 bridgehead atoms. The third kappa shape index (κ3) is 4.69. The predicted molar refractivity (Wildman–Crippen MR) is 91.1 cm³/mol. The van der Waals surface area contributed by atoms with Crippen LogP contribution in [0.5, 0.6) is 0 Å². The fraction of sp³-hybridized carbons (Fsp3) is 0.471. The topological polar surface area (TPSA) is 53.9 Å². The maximum absolute atomic E-state index is 4.59. The van der Waals surface area contributed by atoms with Crippen molar-refractivity contribution in [3.8, 4) is 0 Å². The van der Waals surface area contributed by atoms with Crippen molar-refractivity contribution in [1.82, 2.24) is 15.2 Å². The molecule has 1 N–H and O–H groups in total. The number of nitrogens with one attached hydrogen (secondary N) is 1. The van der Waals surface area contributed by atoms with Gasteiger partial charge in [-0.2, -0.15) is 10.1 Å². The quantitative estimate of drug-likeness (QED) is 0.809. The first-order valence-electron chi connectivity index (χ1n) is 7.97. The van der Waals surface area contributed by atoms with Gasteiger partial charge in [0.2, 0.25) is 5.95 Å². The van der Waals surface area contributed by atoms with Gasteiger partial charge in [0, 0.05) is 19.6 Å². The zero-order valence-electron chi connectivity index (χ0n) is 13.7. The Morgan fingerprint density at radius 1 is 1.14 bits per heavy atom. The largest absolute Gasteiger partial charge is 0.355 e. The van der Waals surface area contributed by atoms with Crippen LogP contribution in [0.3, 0.4) is 0 Å². The highest BCUT2D eigenvalue weighted by Gasteiger charge is 2.08. The predicted octanol–water partition coefficient (Wildman–Crippen LogP) is 3.42. The van der Waals surface area contributed by atoms with Gasteiger partial charge in [0.25, 0.3) is 0 Å². The van der Waals surface area contributed by atoms with E-state index in [4.69, 9.17) is 0 Å². The monoisotopic (exact) mass is 299 g/mol. The Kier molecular flexibility index (Phi) is 6.13. The lowest BCUT2D eigenvalue weighted by atomic mass is 10.1. The van der Waals surface area contributed by atoms with Gasteiger partial charge in [-0.1, -0.05) is 43.7 Å². The highest BCUT2D eigenvalue weighted by atomic mass is 15.3. The van der Waals surface area contributed by atoms with E-state index in [0.29, 0.717) is 12.5 Å². The average molecular weight is 299 g/mol. The molecule has 0 aliphatic heterocycles. The average Bonchev–Trinajstić information content (AvgIpc) is 2.53. The van der Waals surface area contributed by atoms with E-state index < -0.39 is 0 Å². The molecule has 1 heterocycles. The summed E-state index contributed by atoms with van der Waals surface area (Å²) < 4.78 is 0. The Morgan fingerprint density at radius 3 is 2.59 bits per heavy atom. The second-order valence-corrected chi connectivity index (χ2v) is 5.47. The van der Waals surface area contributed by atoms with Crippen molar-refractivity contribution in [2.24, 2.45) is 0 Å². The van der Waals surface area contributed by atoms with Crippen molar-refractivity contribution in [1.29, 1.82) is 0 Å². The summed E-state index contributed by atoms with van der Waals surface area (Å²) >= 11 is 0. The van der Waals surface area contributed by atoms with Crippen LogP contribution in [-0.4, -0.2) is 28.3 Å². The number of aryl methyl sites for hydroxylation is 1. The Labute approximate surface area is 132 Å². The van der Waals surface area contributed by atoms with Gasteiger partial charge in [0.15, 0.2) is 5.82 Å². The molecular formula is C17H25N5. The van der Waals surface area contributed by atoms with Gasteiger partial charge in [0.05, 0.1) is 6.20 Å². The molecule has 118 valence electrons. The Bertz CT molecular complexity index is 579. The van der Waals surface area contributed by atoms with Gasteiger partial charge in [-0.15, -0.1) is 5.10 Å². The number of hydrogen-bond donors (Lipinski definition) is 1. The molecule has 1 aromatic carbocycles. The molecule has 0 radical (unpaired) electrons. The summed E-state index contributed by atoms with van der Waals surface area (Å²) in [4.78, 5) is 6.85. The SMILES string of the molecule is CCCN(CCC)c1cnnc(NCc2cccc(C)c2)n1. The lowest BCUT2D eigenvalue weighted by molar-refractivity contribution is 0.727. The summed E-state index contributed by atoms with van der Waals surface area (Å²) in [5.41, 5.74) is 2.47. The van der Waals surface area contributed by atoms with E-state index >= 15 is 0 Å². The van der Waals surface area contributed by atoms with E-state index in [1.807, 2.05) is 0 Å². The molecule has 2 aromatic rings. The van der Waals surface area contributed by atoms with Crippen LogP contribution in [-0.2, 0) is 6.54 Å². The Balaban J connectivity index is 2.04. The van der Waals surface area contributed by atoms with Crippen molar-refractivity contribution in [2.75, 3.05) is 23.3 Å². The molecule has 5 nitrogen and oxygen atoms in total. The number of hydrogen-bond acceptors (Lipinski definition) is 5. The van der Waals surface area contributed by atoms with Crippen molar-refractivity contribution >= 4 is 11.8 Å². The fourth-order valence-corrected chi connectivity index (χ4v) is 2.41. The van der Waals surface area contributed by atoms with Gasteiger partial charge < -0.3 is 10.2 Å². The first kappa shape index (κ1) is 16.2. The summed E-state index contributed by atoms with van der Waals surface area (Å²) in [5.74, 6) is 1.47. The number of rotatable bonds is 8. The highest BCUT2D eigenvalue weighted by Crippen LogP contribution is 2.13. The number of benzene rings is 1. The molecule has 0 unspecified atom stereocenters. The van der Waals surface area contributed by atoms with Crippen LogP contribution in [0.25, 0.3) is 0 Å². The smallest absolute Gasteiger partial charge is 0.244 e. The van der Waals surface area contributed by atoms with E-state index in [-0.39, 0.29) is 0 Å². The van der Waals surface area contributed by atoms with Crippen LogP contribution < -0.4 is 10.2 Å². The van der Waals surface area contributed by atoms with E-state index in [9.17, 15) is 0 Å². The molecule has 0 spiro atoms. The van der Waals surface area contributed by atoms with E-state index in [2.05, 4.69) is 70.4 Å². The Morgan fingerprint density at radius 2 is 1.91 bits per heavy atom. The van der Waals surface area contributed by atoms with Crippen LogP contribution >= 0.6 is 0 Å². The molecule has 0 aliphatic carbocycles. The second-order valence-electron chi connectivity index (χ2n) is 5.47. The van der Waals surface area contributed by atoms with Crippen LogP contribution in [0.2, 0.25) is 0 Å². The number of nitrogens with zero attached hydrogens (tertiary/aromatic N) is 4. The van der Waals surface area contributed by atoms with Gasteiger partial charge in [-0.05, 0) is 25.3 Å². The molecule has 0 saturated heterocycles. The molecule has 0 aliphatic rings. The van der Waals surface area contributed by atoms with Gasteiger partial charge in [-0.25, -0.2) is 0 Å². The first-order chi connectivity index (χ1) is 10.7.